The molecule has 1 aliphatic heterocycles. The van der Waals surface area contributed by atoms with Gasteiger partial charge in [0.15, 0.2) is 0 Å². The summed E-state index contributed by atoms with van der Waals surface area (Å²) in [6.07, 6.45) is 0. The second-order valence-corrected chi connectivity index (χ2v) is 10.6. The number of nitro groups is 1. The number of thiazole rings is 1. The molecule has 5 aromatic rings. The molecule has 192 valence electrons. The molecule has 0 bridgehead atoms. The summed E-state index contributed by atoms with van der Waals surface area (Å²) in [5, 5.41) is 21.4. The van der Waals surface area contributed by atoms with Crippen LogP contribution in [0.4, 0.5) is 27.1 Å². The first-order valence-electron chi connectivity index (χ1n) is 11.9. The highest BCUT2D eigenvalue weighted by molar-refractivity contribution is 7.99. The van der Waals surface area contributed by atoms with Gasteiger partial charge < -0.3 is 5.32 Å². The predicted octanol–water partition coefficient (Wildman–Crippen LogP) is 7.98. The number of nitrogens with zero attached hydrogens (tertiary/aromatic N) is 4. The van der Waals surface area contributed by atoms with Crippen molar-refractivity contribution < 1.29 is 9.31 Å². The molecular weight excluding hydrogens is 533 g/mol. The summed E-state index contributed by atoms with van der Waals surface area (Å²) in [7, 11) is 0. The number of anilines is 2. The minimum absolute atomic E-state index is 0.00233. The van der Waals surface area contributed by atoms with Crippen molar-refractivity contribution in [2.75, 3.05) is 5.32 Å². The quantitative estimate of drug-likeness (QED) is 0.133. The molecule has 1 N–H and O–H groups in total. The van der Waals surface area contributed by atoms with Crippen molar-refractivity contribution in [1.82, 2.24) is 4.68 Å². The van der Waals surface area contributed by atoms with E-state index < -0.39 is 10.7 Å². The zero-order chi connectivity index (χ0) is 26.9. The Morgan fingerprint density at radius 3 is 2.49 bits per heavy atom. The first kappa shape index (κ1) is 24.8. The molecule has 6 rings (SSSR count). The molecule has 4 aromatic carbocycles. The van der Waals surface area contributed by atoms with Crippen molar-refractivity contribution in [3.8, 4) is 11.3 Å². The Morgan fingerprint density at radius 1 is 0.949 bits per heavy atom. The van der Waals surface area contributed by atoms with Gasteiger partial charge in [-0.3, -0.25) is 10.1 Å². The van der Waals surface area contributed by atoms with E-state index in [1.54, 1.807) is 46.8 Å². The maximum absolute atomic E-state index is 14.4. The number of fused-ring (bicyclic) bond motifs is 2. The minimum Gasteiger partial charge on any atom is -0.354 e. The molecule has 0 spiro atoms. The van der Waals surface area contributed by atoms with Gasteiger partial charge >= 0.3 is 0 Å². The molecule has 0 aliphatic carbocycles. The molecule has 2 heterocycles. The lowest BCUT2D eigenvalue weighted by Crippen LogP contribution is -2.14. The van der Waals surface area contributed by atoms with Gasteiger partial charge in [0.2, 0.25) is 4.80 Å². The number of nitrogens with one attached hydrogen (secondary N) is 1. The van der Waals surface area contributed by atoms with E-state index in [1.807, 2.05) is 36.6 Å². The molecule has 7 nitrogen and oxygen atoms in total. The van der Waals surface area contributed by atoms with E-state index in [4.69, 9.17) is 5.10 Å². The molecule has 1 aliphatic rings. The van der Waals surface area contributed by atoms with E-state index in [0.717, 1.165) is 33.1 Å². The average molecular weight is 554 g/mol. The van der Waals surface area contributed by atoms with Gasteiger partial charge in [0.1, 0.15) is 11.5 Å². The smallest absolute Gasteiger partial charge is 0.269 e. The van der Waals surface area contributed by atoms with Gasteiger partial charge in [-0.05, 0) is 61.0 Å². The monoisotopic (exact) mass is 553 g/mol. The average Bonchev–Trinajstić information content (AvgIpc) is 3.34. The summed E-state index contributed by atoms with van der Waals surface area (Å²) in [6.45, 7) is 1.91. The molecule has 10 heteroatoms. The summed E-state index contributed by atoms with van der Waals surface area (Å²) < 4.78 is 16.1. The standard InChI is InChI=1S/C29H20FN5O2S2/c1-18(20-12-15-28-25(16-20)31-24-8-4-5-9-27(24)39-28)33-34-26(19-10-13-21(14-11-19)35(36)37)17-38-29(34)32-23-7-3-2-6-22(23)30/h2-17,31H,1H3. The summed E-state index contributed by atoms with van der Waals surface area (Å²) in [5.41, 5.74) is 5.29. The first-order valence-corrected chi connectivity index (χ1v) is 13.6. The Bertz CT molecular complexity index is 1830. The lowest BCUT2D eigenvalue weighted by molar-refractivity contribution is -0.384. The normalized spacial score (nSPS) is 13.0. The van der Waals surface area contributed by atoms with E-state index in [0.29, 0.717) is 10.5 Å². The Kier molecular flexibility index (Phi) is 6.55. The zero-order valence-electron chi connectivity index (χ0n) is 20.5. The highest BCUT2D eigenvalue weighted by Gasteiger charge is 2.17. The van der Waals surface area contributed by atoms with Crippen LogP contribution in [0.1, 0.15) is 12.5 Å². The Labute approximate surface area is 231 Å². The third-order valence-corrected chi connectivity index (χ3v) is 8.12. The van der Waals surface area contributed by atoms with Gasteiger partial charge in [-0.15, -0.1) is 11.3 Å². The second kappa shape index (κ2) is 10.3. The molecule has 0 saturated carbocycles. The van der Waals surface area contributed by atoms with Crippen molar-refractivity contribution in [1.29, 1.82) is 0 Å². The Hall–Kier alpha value is -4.54. The van der Waals surface area contributed by atoms with Gasteiger partial charge in [0.05, 0.1) is 27.7 Å². The molecule has 0 unspecified atom stereocenters. The number of rotatable bonds is 5. The molecule has 0 atom stereocenters. The zero-order valence-corrected chi connectivity index (χ0v) is 22.2. The number of benzene rings is 4. The Morgan fingerprint density at radius 2 is 1.69 bits per heavy atom. The molecule has 0 radical (unpaired) electrons. The molecule has 0 amide bonds. The fourth-order valence-corrected chi connectivity index (χ4v) is 5.95. The topological polar surface area (TPSA) is 84.8 Å². The van der Waals surface area contributed by atoms with Crippen LogP contribution in [0.15, 0.2) is 116 Å². The lowest BCUT2D eigenvalue weighted by Gasteiger charge is -2.21. The van der Waals surface area contributed by atoms with Crippen LogP contribution in [-0.4, -0.2) is 15.3 Å². The SMILES string of the molecule is CC(=Nn1c(-c2ccc([N+](=O)[O-])cc2)csc1=Nc1ccccc1F)c1ccc2c(c1)Nc1ccccc1S2. The van der Waals surface area contributed by atoms with E-state index >= 15 is 0 Å². The first-order chi connectivity index (χ1) is 19.0. The highest BCUT2D eigenvalue weighted by atomic mass is 32.2. The van der Waals surface area contributed by atoms with Crippen LogP contribution in [0, 0.1) is 15.9 Å². The van der Waals surface area contributed by atoms with Crippen LogP contribution in [0.5, 0.6) is 0 Å². The van der Waals surface area contributed by atoms with E-state index in [2.05, 4.69) is 28.5 Å². The Balaban J connectivity index is 1.44. The number of para-hydroxylation sites is 2. The van der Waals surface area contributed by atoms with Crippen LogP contribution in [0.3, 0.4) is 0 Å². The molecule has 1 aromatic heterocycles. The van der Waals surface area contributed by atoms with E-state index in [-0.39, 0.29) is 11.4 Å². The maximum atomic E-state index is 14.4. The van der Waals surface area contributed by atoms with Gasteiger partial charge in [-0.25, -0.2) is 14.1 Å². The van der Waals surface area contributed by atoms with Crippen LogP contribution in [-0.2, 0) is 0 Å². The number of hydrogen-bond donors (Lipinski definition) is 1. The third kappa shape index (κ3) is 4.99. The lowest BCUT2D eigenvalue weighted by atomic mass is 10.1. The number of non-ortho nitro benzene ring substituents is 1. The van der Waals surface area contributed by atoms with Gasteiger partial charge in [0.25, 0.3) is 5.69 Å². The number of aromatic nitrogens is 1. The van der Waals surface area contributed by atoms with Crippen LogP contribution < -0.4 is 10.1 Å². The summed E-state index contributed by atoms with van der Waals surface area (Å²) in [5.74, 6) is -0.436. The van der Waals surface area contributed by atoms with Crippen molar-refractivity contribution in [2.45, 2.75) is 16.7 Å². The second-order valence-electron chi connectivity index (χ2n) is 8.70. The van der Waals surface area contributed by atoms with Crippen LogP contribution in [0.25, 0.3) is 11.3 Å². The van der Waals surface area contributed by atoms with Crippen molar-refractivity contribution in [3.05, 3.63) is 123 Å². The van der Waals surface area contributed by atoms with Crippen molar-refractivity contribution in [2.24, 2.45) is 10.1 Å². The largest absolute Gasteiger partial charge is 0.354 e. The summed E-state index contributed by atoms with van der Waals surface area (Å²) in [4.78, 5) is 18.0. The highest BCUT2D eigenvalue weighted by Crippen LogP contribution is 2.44. The molecule has 39 heavy (non-hydrogen) atoms. The predicted molar refractivity (Wildman–Crippen MR) is 154 cm³/mol. The molecule has 0 fully saturated rings. The molecular formula is C29H20FN5O2S2. The summed E-state index contributed by atoms with van der Waals surface area (Å²) >= 11 is 3.02. The van der Waals surface area contributed by atoms with Gasteiger partial charge in [-0.2, -0.15) is 5.10 Å². The van der Waals surface area contributed by atoms with Crippen molar-refractivity contribution >= 4 is 51.6 Å². The maximum Gasteiger partial charge on any atom is 0.269 e. The van der Waals surface area contributed by atoms with E-state index in [9.17, 15) is 14.5 Å². The van der Waals surface area contributed by atoms with Crippen LogP contribution in [0.2, 0.25) is 0 Å². The van der Waals surface area contributed by atoms with Crippen molar-refractivity contribution in [3.63, 3.8) is 0 Å². The summed E-state index contributed by atoms with van der Waals surface area (Å²) in [6, 6.07) is 26.9. The fourth-order valence-electron chi connectivity index (χ4n) is 4.14. The fraction of sp³-hybridized carbons (Fsp3) is 0.0345. The minimum atomic E-state index is -0.437. The number of halogens is 1. The van der Waals surface area contributed by atoms with Gasteiger partial charge in [-0.1, -0.05) is 42.1 Å². The van der Waals surface area contributed by atoms with E-state index in [1.165, 1.54) is 34.4 Å². The number of nitro benzene ring substituents is 1. The van der Waals surface area contributed by atoms with Gasteiger partial charge in [0, 0.05) is 32.9 Å². The number of hydrogen-bond acceptors (Lipinski definition) is 7. The molecule has 0 saturated heterocycles. The van der Waals surface area contributed by atoms with Crippen LogP contribution >= 0.6 is 23.1 Å². The third-order valence-electron chi connectivity index (χ3n) is 6.15.